The minimum absolute atomic E-state index is 0.161. The van der Waals surface area contributed by atoms with E-state index < -0.39 is 28.5 Å². The van der Waals surface area contributed by atoms with E-state index in [1.807, 2.05) is 75.4 Å². The monoisotopic (exact) mass is 613 g/mol. The minimum atomic E-state index is -3.80. The summed E-state index contributed by atoms with van der Waals surface area (Å²) >= 11 is 3.45. The molecule has 0 bridgehead atoms. The Balaban J connectivity index is 2.05. The summed E-state index contributed by atoms with van der Waals surface area (Å²) in [7, 11) is -3.80. The maximum Gasteiger partial charge on any atom is 0.244 e. The Morgan fingerprint density at radius 3 is 2.26 bits per heavy atom. The normalized spacial score (nSPS) is 12.0. The number of aryl methyl sites for hydroxylation is 2. The number of nitrogens with one attached hydrogen (secondary N) is 1. The zero-order chi connectivity index (χ0) is 28.6. The lowest BCUT2D eigenvalue weighted by atomic mass is 10.0. The number of hydrogen-bond donors (Lipinski definition) is 1. The Morgan fingerprint density at radius 1 is 0.949 bits per heavy atom. The second-order valence-electron chi connectivity index (χ2n) is 9.71. The second-order valence-corrected chi connectivity index (χ2v) is 12.5. The molecule has 0 spiro atoms. The Labute approximate surface area is 240 Å². The van der Waals surface area contributed by atoms with Gasteiger partial charge < -0.3 is 10.2 Å². The molecule has 208 valence electrons. The molecule has 3 rings (SSSR count). The number of rotatable bonds is 12. The van der Waals surface area contributed by atoms with Crippen molar-refractivity contribution in [2.75, 3.05) is 23.7 Å². The van der Waals surface area contributed by atoms with Gasteiger partial charge in [-0.1, -0.05) is 83.0 Å². The first kappa shape index (κ1) is 30.4. The molecule has 0 fully saturated rings. The highest BCUT2D eigenvalue weighted by Crippen LogP contribution is 2.25. The second kappa shape index (κ2) is 13.8. The number of halogens is 1. The lowest BCUT2D eigenvalue weighted by Gasteiger charge is -2.33. The van der Waals surface area contributed by atoms with Gasteiger partial charge in [-0.25, -0.2) is 8.42 Å². The highest BCUT2D eigenvalue weighted by molar-refractivity contribution is 9.10. The van der Waals surface area contributed by atoms with Crippen LogP contribution in [0.5, 0.6) is 0 Å². The number of amides is 2. The lowest BCUT2D eigenvalue weighted by molar-refractivity contribution is -0.140. The fourth-order valence-electron chi connectivity index (χ4n) is 4.32. The predicted octanol–water partition coefficient (Wildman–Crippen LogP) is 5.00. The van der Waals surface area contributed by atoms with E-state index in [0.29, 0.717) is 18.7 Å². The van der Waals surface area contributed by atoms with Crippen molar-refractivity contribution in [3.8, 4) is 0 Å². The van der Waals surface area contributed by atoms with E-state index in [4.69, 9.17) is 0 Å². The predicted molar refractivity (Wildman–Crippen MR) is 160 cm³/mol. The van der Waals surface area contributed by atoms with Gasteiger partial charge in [0.05, 0.1) is 11.9 Å². The van der Waals surface area contributed by atoms with Gasteiger partial charge in [0.1, 0.15) is 12.6 Å². The molecule has 3 aromatic rings. The van der Waals surface area contributed by atoms with Gasteiger partial charge in [0, 0.05) is 24.0 Å². The molecular formula is C30H36BrN3O4S. The summed E-state index contributed by atoms with van der Waals surface area (Å²) in [4.78, 5) is 29.1. The van der Waals surface area contributed by atoms with E-state index in [1.165, 1.54) is 4.90 Å². The summed E-state index contributed by atoms with van der Waals surface area (Å²) in [6.45, 7) is 5.99. The summed E-state index contributed by atoms with van der Waals surface area (Å²) < 4.78 is 27.7. The van der Waals surface area contributed by atoms with E-state index in [1.54, 1.807) is 18.2 Å². The molecule has 0 saturated carbocycles. The zero-order valence-corrected chi connectivity index (χ0v) is 25.3. The Hall–Kier alpha value is -3.17. The van der Waals surface area contributed by atoms with Gasteiger partial charge in [0.15, 0.2) is 0 Å². The van der Waals surface area contributed by atoms with Crippen LogP contribution >= 0.6 is 15.9 Å². The largest absolute Gasteiger partial charge is 0.354 e. The molecule has 0 saturated heterocycles. The fourth-order valence-corrected chi connectivity index (χ4v) is 5.41. The van der Waals surface area contributed by atoms with E-state index in [-0.39, 0.29) is 12.5 Å². The van der Waals surface area contributed by atoms with Crippen LogP contribution in [0.15, 0.2) is 77.3 Å². The quantitative estimate of drug-likeness (QED) is 0.311. The first-order valence-electron chi connectivity index (χ1n) is 12.9. The van der Waals surface area contributed by atoms with Gasteiger partial charge in [0.25, 0.3) is 0 Å². The van der Waals surface area contributed by atoms with Crippen LogP contribution in [0.1, 0.15) is 35.6 Å². The molecule has 7 nitrogen and oxygen atoms in total. The van der Waals surface area contributed by atoms with Crippen LogP contribution in [0.3, 0.4) is 0 Å². The van der Waals surface area contributed by atoms with Crippen molar-refractivity contribution in [1.29, 1.82) is 0 Å². The van der Waals surface area contributed by atoms with Gasteiger partial charge >= 0.3 is 0 Å². The summed E-state index contributed by atoms with van der Waals surface area (Å²) in [5.74, 6) is -0.734. The molecule has 1 N–H and O–H groups in total. The van der Waals surface area contributed by atoms with Crippen LogP contribution < -0.4 is 9.62 Å². The van der Waals surface area contributed by atoms with E-state index in [9.17, 15) is 18.0 Å². The summed E-state index contributed by atoms with van der Waals surface area (Å²) in [6.07, 6.45) is 2.13. The smallest absolute Gasteiger partial charge is 0.244 e. The number of benzene rings is 3. The number of hydrogen-bond acceptors (Lipinski definition) is 4. The molecule has 1 unspecified atom stereocenters. The first-order chi connectivity index (χ1) is 18.5. The van der Waals surface area contributed by atoms with Crippen LogP contribution in [0.2, 0.25) is 0 Å². The standard InChI is InChI=1S/C30H36BrN3O4S/c1-5-16-32-30(36)28(19-24-11-7-6-8-12-24)33(20-25-13-9-10-22(2)17-25)29(35)21-34(39(4,37)38)26-14-15-27(31)23(3)18-26/h6-15,17-18,28H,5,16,19-21H2,1-4H3,(H,32,36). The molecule has 0 aromatic heterocycles. The molecule has 0 aliphatic rings. The van der Waals surface area contributed by atoms with Crippen molar-refractivity contribution < 1.29 is 18.0 Å². The van der Waals surface area contributed by atoms with Gasteiger partial charge in [-0.2, -0.15) is 0 Å². The van der Waals surface area contributed by atoms with Gasteiger partial charge in [-0.3, -0.25) is 13.9 Å². The van der Waals surface area contributed by atoms with Crippen LogP contribution in [0, 0.1) is 13.8 Å². The molecule has 1 atom stereocenters. The third-order valence-corrected chi connectivity index (χ3v) is 8.39. The maximum absolute atomic E-state index is 14.1. The van der Waals surface area contributed by atoms with Crippen molar-refractivity contribution in [2.24, 2.45) is 0 Å². The molecule has 0 aliphatic heterocycles. The van der Waals surface area contributed by atoms with Crippen molar-refractivity contribution in [3.63, 3.8) is 0 Å². The summed E-state index contributed by atoms with van der Waals surface area (Å²) in [5.41, 5.74) is 4.01. The molecule has 39 heavy (non-hydrogen) atoms. The first-order valence-corrected chi connectivity index (χ1v) is 15.5. The Bertz CT molecular complexity index is 1400. The molecule has 9 heteroatoms. The Kier molecular flexibility index (Phi) is 10.7. The third-order valence-electron chi connectivity index (χ3n) is 6.36. The van der Waals surface area contributed by atoms with E-state index in [0.717, 1.165) is 43.7 Å². The van der Waals surface area contributed by atoms with E-state index >= 15 is 0 Å². The molecule has 0 aliphatic carbocycles. The van der Waals surface area contributed by atoms with Gasteiger partial charge in [-0.05, 0) is 55.2 Å². The van der Waals surface area contributed by atoms with Crippen LogP contribution in [-0.4, -0.2) is 50.5 Å². The summed E-state index contributed by atoms with van der Waals surface area (Å²) in [6, 6.07) is 21.6. The molecule has 0 heterocycles. The van der Waals surface area contributed by atoms with Crippen molar-refractivity contribution in [1.82, 2.24) is 10.2 Å². The summed E-state index contributed by atoms with van der Waals surface area (Å²) in [5, 5.41) is 2.94. The van der Waals surface area contributed by atoms with Gasteiger partial charge in [0.2, 0.25) is 21.8 Å². The highest BCUT2D eigenvalue weighted by Gasteiger charge is 2.33. The molecule has 3 aromatic carbocycles. The maximum atomic E-state index is 14.1. The van der Waals surface area contributed by atoms with Crippen molar-refractivity contribution >= 4 is 43.5 Å². The molecule has 0 radical (unpaired) electrons. The number of carbonyl (C=O) groups is 2. The molecular weight excluding hydrogens is 578 g/mol. The third kappa shape index (κ3) is 8.66. The number of anilines is 1. The SMILES string of the molecule is CCCNC(=O)C(Cc1ccccc1)N(Cc1cccc(C)c1)C(=O)CN(c1ccc(Br)c(C)c1)S(C)(=O)=O. The highest BCUT2D eigenvalue weighted by atomic mass is 79.9. The number of nitrogens with zero attached hydrogens (tertiary/aromatic N) is 2. The minimum Gasteiger partial charge on any atom is -0.354 e. The average Bonchev–Trinajstić information content (AvgIpc) is 2.89. The number of carbonyl (C=O) groups excluding carboxylic acids is 2. The van der Waals surface area contributed by atoms with Crippen LogP contribution in [0.25, 0.3) is 0 Å². The topological polar surface area (TPSA) is 86.8 Å². The lowest BCUT2D eigenvalue weighted by Crippen LogP contribution is -2.53. The zero-order valence-electron chi connectivity index (χ0n) is 22.9. The van der Waals surface area contributed by atoms with E-state index in [2.05, 4.69) is 21.2 Å². The van der Waals surface area contributed by atoms with Gasteiger partial charge in [-0.15, -0.1) is 0 Å². The van der Waals surface area contributed by atoms with Crippen molar-refractivity contribution in [2.45, 2.75) is 46.2 Å². The Morgan fingerprint density at radius 2 is 1.64 bits per heavy atom. The van der Waals surface area contributed by atoms with Crippen molar-refractivity contribution in [3.05, 3.63) is 99.5 Å². The average molecular weight is 615 g/mol. The van der Waals surface area contributed by atoms with Crippen LogP contribution in [-0.2, 0) is 32.6 Å². The molecule has 2 amide bonds. The van der Waals surface area contributed by atoms with Crippen LogP contribution in [0.4, 0.5) is 5.69 Å². The fraction of sp³-hybridized carbons (Fsp3) is 0.333. The number of sulfonamides is 1.